The molecule has 7 heavy (non-hydrogen) atoms. The van der Waals surface area contributed by atoms with Gasteiger partial charge in [-0.3, -0.25) is 0 Å². The van der Waals surface area contributed by atoms with Crippen LogP contribution < -0.4 is 0 Å². The van der Waals surface area contributed by atoms with Crippen LogP contribution in [0, 0.1) is 6.08 Å². The van der Waals surface area contributed by atoms with Crippen LogP contribution in [-0.2, 0) is 0 Å². The van der Waals surface area contributed by atoms with Crippen molar-refractivity contribution in [3.05, 3.63) is 24.4 Å². The summed E-state index contributed by atoms with van der Waals surface area (Å²) in [5.41, 5.74) is 1.02. The van der Waals surface area contributed by atoms with Crippen LogP contribution in [0.5, 0.6) is 0 Å². The molecule has 1 aliphatic heterocycles. The van der Waals surface area contributed by atoms with E-state index in [-0.39, 0.29) is 0 Å². The van der Waals surface area contributed by atoms with Crippen LogP contribution in [0.4, 0.5) is 0 Å². The molecule has 0 fully saturated rings. The van der Waals surface area contributed by atoms with Gasteiger partial charge in [-0.1, -0.05) is 0 Å². The van der Waals surface area contributed by atoms with Crippen LogP contribution >= 0.6 is 0 Å². The molecule has 0 N–H and O–H groups in total. The van der Waals surface area contributed by atoms with Gasteiger partial charge in [-0.05, 0) is 0 Å². The average Bonchev–Trinajstić information content (AvgIpc) is 1.69. The minimum atomic E-state index is 1.02. The summed E-state index contributed by atoms with van der Waals surface area (Å²) in [6.45, 7) is 1.94. The van der Waals surface area contributed by atoms with Crippen LogP contribution in [-0.4, -0.2) is 5.71 Å². The first kappa shape index (κ1) is 4.23. The second-order valence-corrected chi connectivity index (χ2v) is 1.40. The second-order valence-electron chi connectivity index (χ2n) is 1.40. The molecule has 0 saturated carbocycles. The highest BCUT2D eigenvalue weighted by Crippen LogP contribution is 1.89. The fourth-order valence-electron chi connectivity index (χ4n) is 0.404. The van der Waals surface area contributed by atoms with Crippen molar-refractivity contribution < 1.29 is 0 Å². The summed E-state index contributed by atoms with van der Waals surface area (Å²) in [6.07, 6.45) is 8.26. The fraction of sp³-hybridized carbons (Fsp3) is 0.167. The van der Waals surface area contributed by atoms with Gasteiger partial charge in [0, 0.05) is 13.0 Å². The molecule has 1 rings (SSSR count). The van der Waals surface area contributed by atoms with Gasteiger partial charge in [0.25, 0.3) is 0 Å². The van der Waals surface area contributed by atoms with Gasteiger partial charge < -0.3 is 0 Å². The topological polar surface area (TPSA) is 12.4 Å². The van der Waals surface area contributed by atoms with Gasteiger partial charge in [-0.15, -0.1) is 4.99 Å². The summed E-state index contributed by atoms with van der Waals surface area (Å²) >= 11 is 0. The lowest BCUT2D eigenvalue weighted by Crippen LogP contribution is -1.83. The molecule has 0 radical (unpaired) electrons. The summed E-state index contributed by atoms with van der Waals surface area (Å²) in [4.78, 5) is 3.95. The maximum absolute atomic E-state index is 3.95. The van der Waals surface area contributed by atoms with Crippen molar-refractivity contribution in [2.24, 2.45) is 4.99 Å². The molecule has 0 aromatic carbocycles. The summed E-state index contributed by atoms with van der Waals surface area (Å²) in [5, 5.41) is 0. The molecule has 1 heteroatoms. The Bertz CT molecular complexity index is 140. The first-order chi connectivity index (χ1) is 3.39. The molecule has 0 aromatic heterocycles. The number of hydrogen-bond donors (Lipinski definition) is 0. The highest BCUT2D eigenvalue weighted by molar-refractivity contribution is 5.93. The van der Waals surface area contributed by atoms with E-state index in [0.717, 1.165) is 5.71 Å². The Morgan fingerprint density at radius 1 is 1.71 bits per heavy atom. The van der Waals surface area contributed by atoms with Crippen LogP contribution in [0.3, 0.4) is 0 Å². The highest BCUT2D eigenvalue weighted by atomic mass is 14.7. The third kappa shape index (κ3) is 0.951. The smallest absolute Gasteiger partial charge is 0.132 e. The first-order valence-corrected chi connectivity index (χ1v) is 2.18. The highest BCUT2D eigenvalue weighted by Gasteiger charge is 1.92. The lowest BCUT2D eigenvalue weighted by atomic mass is 10.3. The maximum atomic E-state index is 3.95. The van der Waals surface area contributed by atoms with Crippen molar-refractivity contribution in [3.8, 4) is 0 Å². The largest absolute Gasteiger partial charge is 0.151 e. The van der Waals surface area contributed by atoms with E-state index in [0.29, 0.717) is 0 Å². The lowest BCUT2D eigenvalue weighted by Gasteiger charge is -1.76. The zero-order chi connectivity index (χ0) is 5.11. The van der Waals surface area contributed by atoms with E-state index in [2.05, 4.69) is 11.1 Å². The fourth-order valence-corrected chi connectivity index (χ4v) is 0.404. The Kier molecular flexibility index (Phi) is 1.01. The van der Waals surface area contributed by atoms with E-state index in [1.165, 1.54) is 0 Å². The molecular weight excluding hydrogens is 86.1 g/mol. The van der Waals surface area contributed by atoms with Gasteiger partial charge in [0.1, 0.15) is 18.4 Å². The number of aliphatic imine (C=N–C) groups is 1. The Labute approximate surface area is 43.1 Å². The number of nitrogens with zero attached hydrogens (tertiary/aromatic N) is 1. The first-order valence-electron chi connectivity index (χ1n) is 2.18. The van der Waals surface area contributed by atoms with Crippen LogP contribution in [0.25, 0.3) is 0 Å². The van der Waals surface area contributed by atoms with Crippen molar-refractivity contribution in [1.82, 2.24) is 0 Å². The molecule has 0 spiro atoms. The summed E-state index contributed by atoms with van der Waals surface area (Å²) in [7, 11) is 0. The van der Waals surface area contributed by atoms with Crippen molar-refractivity contribution in [2.45, 2.75) is 6.92 Å². The third-order valence-corrected chi connectivity index (χ3v) is 0.741. The van der Waals surface area contributed by atoms with Gasteiger partial charge in [0.15, 0.2) is 5.71 Å². The van der Waals surface area contributed by atoms with Crippen molar-refractivity contribution in [2.75, 3.05) is 0 Å². The van der Waals surface area contributed by atoms with E-state index in [4.69, 9.17) is 0 Å². The molecule has 0 saturated heterocycles. The Morgan fingerprint density at radius 3 is 2.86 bits per heavy atom. The molecule has 1 nitrogen and oxygen atoms in total. The van der Waals surface area contributed by atoms with Crippen molar-refractivity contribution in [1.29, 1.82) is 0 Å². The molecule has 0 amide bonds. The van der Waals surface area contributed by atoms with Crippen molar-refractivity contribution in [3.63, 3.8) is 0 Å². The predicted octanol–water partition coefficient (Wildman–Crippen LogP) is 1.33. The molecule has 0 unspecified atom stereocenters. The SMILES string of the molecule is CC1=NC=C[C+]=C1. The molecule has 0 bridgehead atoms. The summed E-state index contributed by atoms with van der Waals surface area (Å²) in [5.74, 6) is 0. The number of rotatable bonds is 0. The van der Waals surface area contributed by atoms with E-state index in [9.17, 15) is 0 Å². The Hall–Kier alpha value is -0.940. The number of hydrogen-bond acceptors (Lipinski definition) is 1. The van der Waals surface area contributed by atoms with Gasteiger partial charge in [0.2, 0.25) is 0 Å². The Balaban J connectivity index is 2.82. The molecule has 0 aromatic rings. The van der Waals surface area contributed by atoms with Crippen molar-refractivity contribution >= 4 is 5.71 Å². The van der Waals surface area contributed by atoms with E-state index in [1.807, 2.05) is 13.0 Å². The molecule has 0 atom stereocenters. The zero-order valence-corrected chi connectivity index (χ0v) is 4.18. The van der Waals surface area contributed by atoms with E-state index in [1.54, 1.807) is 12.3 Å². The third-order valence-electron chi connectivity index (χ3n) is 0.741. The standard InChI is InChI=1S/C6H6N/c1-6-4-2-3-5-7-6/h3-5H,1H3/q+1. The van der Waals surface area contributed by atoms with E-state index >= 15 is 0 Å². The van der Waals surface area contributed by atoms with Gasteiger partial charge >= 0.3 is 0 Å². The van der Waals surface area contributed by atoms with Gasteiger partial charge in [-0.2, -0.15) is 0 Å². The molecule has 0 aliphatic carbocycles. The quantitative estimate of drug-likeness (QED) is 0.400. The average molecular weight is 92.1 g/mol. The van der Waals surface area contributed by atoms with Crippen LogP contribution in [0.1, 0.15) is 6.92 Å². The second kappa shape index (κ2) is 1.67. The normalized spacial score (nSPS) is 15.9. The van der Waals surface area contributed by atoms with Gasteiger partial charge in [0.05, 0.1) is 0 Å². The molecule has 1 heterocycles. The minimum Gasteiger partial charge on any atom is -0.132 e. The summed E-state index contributed by atoms with van der Waals surface area (Å²) < 4.78 is 0. The molecule has 1 aliphatic rings. The van der Waals surface area contributed by atoms with E-state index < -0.39 is 0 Å². The van der Waals surface area contributed by atoms with Crippen LogP contribution in [0.15, 0.2) is 23.3 Å². The monoisotopic (exact) mass is 92.0 g/mol. The lowest BCUT2D eigenvalue weighted by molar-refractivity contribution is 1.50. The van der Waals surface area contributed by atoms with Crippen LogP contribution in [0.2, 0.25) is 0 Å². The maximum Gasteiger partial charge on any atom is 0.151 e. The minimum absolute atomic E-state index is 1.02. The van der Waals surface area contributed by atoms with Gasteiger partial charge in [-0.25, -0.2) is 0 Å². The zero-order valence-electron chi connectivity index (χ0n) is 4.18. The molecule has 34 valence electrons. The molecular formula is C6H6N+. The predicted molar refractivity (Wildman–Crippen MR) is 30.1 cm³/mol. The number of allylic oxidation sites excluding steroid dienone is 3. The Morgan fingerprint density at radius 2 is 2.57 bits per heavy atom. The summed E-state index contributed by atoms with van der Waals surface area (Å²) in [6, 6.07) is 0.